The number of hydrogen-bond acceptors (Lipinski definition) is 1. The minimum absolute atomic E-state index is 0.0311. The molecule has 0 aliphatic heterocycles. The van der Waals surface area contributed by atoms with Gasteiger partial charge in [0.1, 0.15) is 0 Å². The van der Waals surface area contributed by atoms with Crippen LogP contribution < -0.4 is 0 Å². The van der Waals surface area contributed by atoms with Crippen molar-refractivity contribution in [3.8, 4) is 0 Å². The highest BCUT2D eigenvalue weighted by molar-refractivity contribution is 4.96. The molecule has 2 aliphatic rings. The van der Waals surface area contributed by atoms with E-state index in [9.17, 15) is 5.11 Å². The summed E-state index contributed by atoms with van der Waals surface area (Å²) in [4.78, 5) is 0. The molecular formula is C12H20O. The van der Waals surface area contributed by atoms with Crippen molar-refractivity contribution >= 4 is 0 Å². The molecule has 0 amide bonds. The Labute approximate surface area is 80.8 Å². The fourth-order valence-corrected chi connectivity index (χ4v) is 3.28. The first-order chi connectivity index (χ1) is 6.33. The Morgan fingerprint density at radius 1 is 1.31 bits per heavy atom. The third-order valence-electron chi connectivity index (χ3n) is 3.99. The molecule has 2 rings (SSSR count). The summed E-state index contributed by atoms with van der Waals surface area (Å²) in [7, 11) is 0. The van der Waals surface area contributed by atoms with Crippen molar-refractivity contribution in [1.29, 1.82) is 0 Å². The van der Waals surface area contributed by atoms with E-state index in [-0.39, 0.29) is 6.10 Å². The number of aliphatic hydroxyl groups excluding tert-OH is 1. The van der Waals surface area contributed by atoms with Crippen LogP contribution in [0, 0.1) is 17.8 Å². The van der Waals surface area contributed by atoms with Crippen LogP contribution in [0.25, 0.3) is 0 Å². The third kappa shape index (κ3) is 1.67. The van der Waals surface area contributed by atoms with Crippen molar-refractivity contribution in [2.75, 3.05) is 0 Å². The van der Waals surface area contributed by atoms with Gasteiger partial charge in [-0.3, -0.25) is 0 Å². The molecule has 0 aromatic carbocycles. The highest BCUT2D eigenvalue weighted by Gasteiger charge is 2.45. The van der Waals surface area contributed by atoms with E-state index in [0.29, 0.717) is 11.8 Å². The Bertz CT molecular complexity index is 186. The molecule has 1 N–H and O–H groups in total. The number of hydrogen-bond donors (Lipinski definition) is 1. The SMILES string of the molecule is C=CCCC[C@@H]1[C@@H]2CC[C@@H](C2)[C@H]1O. The molecule has 0 spiro atoms. The molecule has 4 atom stereocenters. The van der Waals surface area contributed by atoms with Crippen molar-refractivity contribution in [3.05, 3.63) is 12.7 Å². The Balaban J connectivity index is 1.82. The van der Waals surface area contributed by atoms with Crippen LogP contribution in [0.2, 0.25) is 0 Å². The predicted molar refractivity (Wildman–Crippen MR) is 54.4 cm³/mol. The number of unbranched alkanes of at least 4 members (excludes halogenated alkanes) is 1. The number of allylic oxidation sites excluding steroid dienone is 1. The van der Waals surface area contributed by atoms with Gasteiger partial charge in [-0.05, 0) is 56.3 Å². The summed E-state index contributed by atoms with van der Waals surface area (Å²) >= 11 is 0. The summed E-state index contributed by atoms with van der Waals surface area (Å²) in [5, 5.41) is 9.95. The van der Waals surface area contributed by atoms with Gasteiger partial charge in [-0.15, -0.1) is 6.58 Å². The number of aliphatic hydroxyl groups is 1. The maximum Gasteiger partial charge on any atom is 0.0599 e. The Morgan fingerprint density at radius 3 is 2.69 bits per heavy atom. The van der Waals surface area contributed by atoms with Gasteiger partial charge >= 0.3 is 0 Å². The van der Waals surface area contributed by atoms with Crippen LogP contribution in [0.4, 0.5) is 0 Å². The molecule has 0 unspecified atom stereocenters. The first kappa shape index (κ1) is 9.26. The second-order valence-corrected chi connectivity index (χ2v) is 4.71. The smallest absolute Gasteiger partial charge is 0.0599 e. The first-order valence-electron chi connectivity index (χ1n) is 5.62. The molecule has 0 aromatic rings. The van der Waals surface area contributed by atoms with Crippen molar-refractivity contribution in [3.63, 3.8) is 0 Å². The monoisotopic (exact) mass is 180 g/mol. The minimum Gasteiger partial charge on any atom is -0.393 e. The number of fused-ring (bicyclic) bond motifs is 2. The Hall–Kier alpha value is -0.300. The molecule has 2 bridgehead atoms. The summed E-state index contributed by atoms with van der Waals surface area (Å²) in [6.07, 6.45) is 9.52. The molecule has 13 heavy (non-hydrogen) atoms. The van der Waals surface area contributed by atoms with Crippen molar-refractivity contribution in [2.45, 2.75) is 44.6 Å². The fraction of sp³-hybridized carbons (Fsp3) is 0.833. The largest absolute Gasteiger partial charge is 0.393 e. The lowest BCUT2D eigenvalue weighted by Gasteiger charge is -2.26. The van der Waals surface area contributed by atoms with E-state index < -0.39 is 0 Å². The van der Waals surface area contributed by atoms with Crippen LogP contribution >= 0.6 is 0 Å². The van der Waals surface area contributed by atoms with Gasteiger partial charge in [0, 0.05) is 0 Å². The molecule has 1 nitrogen and oxygen atoms in total. The second kappa shape index (κ2) is 3.83. The molecular weight excluding hydrogens is 160 g/mol. The summed E-state index contributed by atoms with van der Waals surface area (Å²) in [6, 6.07) is 0. The van der Waals surface area contributed by atoms with E-state index >= 15 is 0 Å². The molecule has 0 radical (unpaired) electrons. The van der Waals surface area contributed by atoms with Gasteiger partial charge in [-0.1, -0.05) is 6.08 Å². The normalized spacial score (nSPS) is 42.5. The zero-order chi connectivity index (χ0) is 9.26. The van der Waals surface area contributed by atoms with Crippen LogP contribution in [-0.4, -0.2) is 11.2 Å². The predicted octanol–water partition coefficient (Wildman–Crippen LogP) is 2.75. The summed E-state index contributed by atoms with van der Waals surface area (Å²) < 4.78 is 0. The van der Waals surface area contributed by atoms with Crippen molar-refractivity contribution < 1.29 is 5.11 Å². The van der Waals surface area contributed by atoms with Gasteiger partial charge in [-0.25, -0.2) is 0 Å². The van der Waals surface area contributed by atoms with E-state index in [0.717, 1.165) is 12.3 Å². The van der Waals surface area contributed by atoms with Gasteiger partial charge in [0.25, 0.3) is 0 Å². The van der Waals surface area contributed by atoms with E-state index in [4.69, 9.17) is 0 Å². The van der Waals surface area contributed by atoms with Crippen LogP contribution in [-0.2, 0) is 0 Å². The van der Waals surface area contributed by atoms with E-state index in [2.05, 4.69) is 6.58 Å². The van der Waals surface area contributed by atoms with Crippen LogP contribution in [0.1, 0.15) is 38.5 Å². The van der Waals surface area contributed by atoms with Crippen LogP contribution in [0.5, 0.6) is 0 Å². The molecule has 1 heteroatoms. The third-order valence-corrected chi connectivity index (χ3v) is 3.99. The van der Waals surface area contributed by atoms with Gasteiger partial charge in [0.2, 0.25) is 0 Å². The molecule has 2 fully saturated rings. The van der Waals surface area contributed by atoms with E-state index in [1.54, 1.807) is 0 Å². The van der Waals surface area contributed by atoms with Crippen molar-refractivity contribution in [2.24, 2.45) is 17.8 Å². The molecule has 0 saturated heterocycles. The zero-order valence-electron chi connectivity index (χ0n) is 8.28. The molecule has 0 heterocycles. The summed E-state index contributed by atoms with van der Waals surface area (Å²) in [5.41, 5.74) is 0. The summed E-state index contributed by atoms with van der Waals surface area (Å²) in [6.45, 7) is 3.73. The van der Waals surface area contributed by atoms with Crippen molar-refractivity contribution in [1.82, 2.24) is 0 Å². The van der Waals surface area contributed by atoms with Gasteiger partial charge < -0.3 is 5.11 Å². The zero-order valence-corrected chi connectivity index (χ0v) is 8.28. The average Bonchev–Trinajstić information content (AvgIpc) is 2.69. The van der Waals surface area contributed by atoms with Crippen LogP contribution in [0.3, 0.4) is 0 Å². The fourth-order valence-electron chi connectivity index (χ4n) is 3.28. The topological polar surface area (TPSA) is 20.2 Å². The van der Waals surface area contributed by atoms with Gasteiger partial charge in [0.15, 0.2) is 0 Å². The quantitative estimate of drug-likeness (QED) is 0.521. The lowest BCUT2D eigenvalue weighted by molar-refractivity contribution is 0.0539. The Morgan fingerprint density at radius 2 is 2.08 bits per heavy atom. The molecule has 2 aliphatic carbocycles. The molecule has 0 aromatic heterocycles. The highest BCUT2D eigenvalue weighted by Crippen LogP contribution is 2.50. The lowest BCUT2D eigenvalue weighted by Crippen LogP contribution is -2.27. The van der Waals surface area contributed by atoms with E-state index in [1.807, 2.05) is 6.08 Å². The Kier molecular flexibility index (Phi) is 2.73. The first-order valence-corrected chi connectivity index (χ1v) is 5.62. The van der Waals surface area contributed by atoms with Crippen LogP contribution in [0.15, 0.2) is 12.7 Å². The van der Waals surface area contributed by atoms with E-state index in [1.165, 1.54) is 32.1 Å². The maximum absolute atomic E-state index is 9.95. The van der Waals surface area contributed by atoms with Gasteiger partial charge in [-0.2, -0.15) is 0 Å². The maximum atomic E-state index is 9.95. The van der Waals surface area contributed by atoms with Gasteiger partial charge in [0.05, 0.1) is 6.10 Å². The molecule has 2 saturated carbocycles. The number of rotatable bonds is 4. The second-order valence-electron chi connectivity index (χ2n) is 4.71. The average molecular weight is 180 g/mol. The standard InChI is InChI=1S/C12H20O/c1-2-3-4-5-11-9-6-7-10(8-9)12(11)13/h2,9-13H,1,3-8H2/t9-,10+,11-,12-/m1/s1. The molecule has 74 valence electrons. The lowest BCUT2D eigenvalue weighted by atomic mass is 9.83. The summed E-state index contributed by atoms with van der Waals surface area (Å²) in [5.74, 6) is 2.13. The highest BCUT2D eigenvalue weighted by atomic mass is 16.3. The minimum atomic E-state index is 0.0311.